The number of urea groups is 1. The molecule has 9 heteroatoms. The minimum atomic E-state index is -0.355. The molecule has 2 aromatic heterocycles. The van der Waals surface area contributed by atoms with Gasteiger partial charge in [-0.05, 0) is 25.0 Å². The number of amides is 2. The normalized spacial score (nSPS) is 16.2. The topological polar surface area (TPSA) is 84.2 Å². The number of nitrogens with zero attached hydrogens (tertiary/aromatic N) is 4. The third kappa shape index (κ3) is 4.38. The summed E-state index contributed by atoms with van der Waals surface area (Å²) < 4.78 is 18.9. The molecule has 0 aliphatic carbocycles. The van der Waals surface area contributed by atoms with E-state index in [0.717, 1.165) is 24.1 Å². The van der Waals surface area contributed by atoms with Crippen molar-refractivity contribution < 1.29 is 13.7 Å². The number of hydrogen-bond donors (Lipinski definition) is 1. The van der Waals surface area contributed by atoms with E-state index < -0.39 is 0 Å². The Labute approximate surface area is 187 Å². The molecule has 7 nitrogen and oxygen atoms in total. The quantitative estimate of drug-likeness (QED) is 0.450. The van der Waals surface area contributed by atoms with Gasteiger partial charge in [0.15, 0.2) is 5.13 Å². The minimum Gasteiger partial charge on any atom is -0.339 e. The van der Waals surface area contributed by atoms with E-state index >= 15 is 0 Å². The number of likely N-dealkylation sites (tertiary alicyclic amines) is 1. The van der Waals surface area contributed by atoms with Gasteiger partial charge in [-0.25, -0.2) is 14.2 Å². The number of thiazole rings is 1. The summed E-state index contributed by atoms with van der Waals surface area (Å²) in [4.78, 5) is 23.5. The van der Waals surface area contributed by atoms with Crippen LogP contribution in [0.4, 0.5) is 14.3 Å². The summed E-state index contributed by atoms with van der Waals surface area (Å²) in [7, 11) is 0. The zero-order valence-corrected chi connectivity index (χ0v) is 17.9. The Morgan fingerprint density at radius 3 is 2.81 bits per heavy atom. The monoisotopic (exact) mass is 449 g/mol. The molecule has 32 heavy (non-hydrogen) atoms. The van der Waals surface area contributed by atoms with Crippen LogP contribution >= 0.6 is 11.3 Å². The van der Waals surface area contributed by atoms with Crippen molar-refractivity contribution >= 4 is 22.5 Å². The van der Waals surface area contributed by atoms with E-state index in [0.29, 0.717) is 35.5 Å². The number of aromatic nitrogens is 3. The van der Waals surface area contributed by atoms with Crippen LogP contribution in [0.3, 0.4) is 0 Å². The fraction of sp³-hybridized carbons (Fsp3) is 0.217. The molecule has 0 bridgehead atoms. The molecule has 3 heterocycles. The summed E-state index contributed by atoms with van der Waals surface area (Å²) in [6, 6.07) is 15.7. The Balaban J connectivity index is 1.24. The molecular weight excluding hydrogens is 429 g/mol. The molecule has 1 aliphatic heterocycles. The molecule has 1 fully saturated rings. The average Bonchev–Trinajstić information content (AvgIpc) is 3.50. The summed E-state index contributed by atoms with van der Waals surface area (Å²) in [5.41, 5.74) is 2.40. The van der Waals surface area contributed by atoms with E-state index in [9.17, 15) is 9.18 Å². The van der Waals surface area contributed by atoms with Gasteiger partial charge < -0.3 is 9.42 Å². The molecule has 162 valence electrons. The molecule has 5 rings (SSSR count). The van der Waals surface area contributed by atoms with Crippen molar-refractivity contribution in [1.82, 2.24) is 20.0 Å². The highest BCUT2D eigenvalue weighted by atomic mass is 32.1. The lowest BCUT2D eigenvalue weighted by Gasteiger charge is -2.30. The molecule has 1 aliphatic rings. The maximum atomic E-state index is 13.5. The third-order valence-corrected chi connectivity index (χ3v) is 6.13. The number of rotatable bonds is 4. The number of carbonyl (C=O) groups excluding carboxylic acids is 1. The van der Waals surface area contributed by atoms with E-state index in [1.165, 1.54) is 23.5 Å². The van der Waals surface area contributed by atoms with Crippen LogP contribution in [0.25, 0.3) is 22.6 Å². The number of benzene rings is 2. The second-order valence-electron chi connectivity index (χ2n) is 7.59. The SMILES string of the molecule is O=C(Nc1nc(-c2ccccc2)cs1)N1CCCC(c2nc(-c3cccc(F)c3)no2)C1. The van der Waals surface area contributed by atoms with Crippen LogP contribution in [0.2, 0.25) is 0 Å². The molecule has 4 aromatic rings. The molecule has 0 radical (unpaired) electrons. The summed E-state index contributed by atoms with van der Waals surface area (Å²) in [6.07, 6.45) is 1.66. The van der Waals surface area contributed by atoms with Crippen LogP contribution in [-0.2, 0) is 0 Å². The van der Waals surface area contributed by atoms with E-state index in [1.54, 1.807) is 17.0 Å². The Bertz CT molecular complexity index is 1230. The number of nitrogens with one attached hydrogen (secondary N) is 1. The summed E-state index contributed by atoms with van der Waals surface area (Å²) in [5.74, 6) is 0.382. The fourth-order valence-electron chi connectivity index (χ4n) is 3.75. The minimum absolute atomic E-state index is 0.0690. The highest BCUT2D eigenvalue weighted by Crippen LogP contribution is 2.29. The lowest BCUT2D eigenvalue weighted by Crippen LogP contribution is -2.41. The van der Waals surface area contributed by atoms with Crippen molar-refractivity contribution in [3.05, 3.63) is 71.7 Å². The van der Waals surface area contributed by atoms with Crippen molar-refractivity contribution in [1.29, 1.82) is 0 Å². The van der Waals surface area contributed by atoms with Gasteiger partial charge in [-0.15, -0.1) is 11.3 Å². The lowest BCUT2D eigenvalue weighted by molar-refractivity contribution is 0.184. The zero-order chi connectivity index (χ0) is 21.9. The van der Waals surface area contributed by atoms with Crippen molar-refractivity contribution in [2.24, 2.45) is 0 Å². The first-order valence-corrected chi connectivity index (χ1v) is 11.2. The van der Waals surface area contributed by atoms with Gasteiger partial charge >= 0.3 is 6.03 Å². The summed E-state index contributed by atoms with van der Waals surface area (Å²) >= 11 is 1.39. The Morgan fingerprint density at radius 2 is 1.97 bits per heavy atom. The molecule has 1 saturated heterocycles. The van der Waals surface area contributed by atoms with Gasteiger partial charge in [0.2, 0.25) is 11.7 Å². The van der Waals surface area contributed by atoms with Gasteiger partial charge in [0.1, 0.15) is 5.82 Å². The predicted molar refractivity (Wildman–Crippen MR) is 120 cm³/mol. The summed E-state index contributed by atoms with van der Waals surface area (Å²) in [6.45, 7) is 1.11. The number of halogens is 1. The van der Waals surface area contributed by atoms with Crippen LogP contribution < -0.4 is 5.32 Å². The van der Waals surface area contributed by atoms with Crippen LogP contribution in [-0.4, -0.2) is 39.1 Å². The second kappa shape index (κ2) is 8.88. The molecule has 0 saturated carbocycles. The zero-order valence-electron chi connectivity index (χ0n) is 17.1. The predicted octanol–water partition coefficient (Wildman–Crippen LogP) is 5.41. The van der Waals surface area contributed by atoms with Gasteiger partial charge in [-0.3, -0.25) is 5.32 Å². The van der Waals surface area contributed by atoms with Crippen molar-refractivity contribution in [2.75, 3.05) is 18.4 Å². The molecule has 2 aromatic carbocycles. The van der Waals surface area contributed by atoms with Gasteiger partial charge in [0.25, 0.3) is 0 Å². The van der Waals surface area contributed by atoms with E-state index in [-0.39, 0.29) is 17.8 Å². The maximum absolute atomic E-state index is 13.5. The molecule has 1 unspecified atom stereocenters. The van der Waals surface area contributed by atoms with E-state index in [2.05, 4.69) is 20.4 Å². The van der Waals surface area contributed by atoms with Gasteiger partial charge in [-0.2, -0.15) is 4.98 Å². The fourth-order valence-corrected chi connectivity index (χ4v) is 4.46. The van der Waals surface area contributed by atoms with Crippen LogP contribution in [0.5, 0.6) is 0 Å². The van der Waals surface area contributed by atoms with Gasteiger partial charge in [0.05, 0.1) is 11.6 Å². The number of anilines is 1. The van der Waals surface area contributed by atoms with Crippen LogP contribution in [0.1, 0.15) is 24.7 Å². The first-order chi connectivity index (χ1) is 15.7. The largest absolute Gasteiger partial charge is 0.339 e. The van der Waals surface area contributed by atoms with Crippen molar-refractivity contribution in [2.45, 2.75) is 18.8 Å². The van der Waals surface area contributed by atoms with Crippen molar-refractivity contribution in [3.63, 3.8) is 0 Å². The molecule has 2 amide bonds. The smallest absolute Gasteiger partial charge is 0.323 e. The molecular formula is C23H20FN5O2S. The van der Waals surface area contributed by atoms with Gasteiger partial charge in [-0.1, -0.05) is 47.6 Å². The highest BCUT2D eigenvalue weighted by Gasteiger charge is 2.29. The van der Waals surface area contributed by atoms with Crippen LogP contribution in [0.15, 0.2) is 64.5 Å². The van der Waals surface area contributed by atoms with Gasteiger partial charge in [0, 0.05) is 29.6 Å². The Hall–Kier alpha value is -3.59. The highest BCUT2D eigenvalue weighted by molar-refractivity contribution is 7.14. The lowest BCUT2D eigenvalue weighted by atomic mass is 9.98. The van der Waals surface area contributed by atoms with E-state index in [1.807, 2.05) is 35.7 Å². The number of carbonyl (C=O) groups is 1. The first-order valence-electron chi connectivity index (χ1n) is 10.3. The third-order valence-electron chi connectivity index (χ3n) is 5.37. The van der Waals surface area contributed by atoms with E-state index in [4.69, 9.17) is 4.52 Å². The van der Waals surface area contributed by atoms with Crippen molar-refractivity contribution in [3.8, 4) is 22.6 Å². The molecule has 1 atom stereocenters. The molecule has 1 N–H and O–H groups in total. The number of hydrogen-bond acceptors (Lipinski definition) is 6. The standard InChI is InChI=1S/C23H20FN5O2S/c24-18-10-4-8-16(12-18)20-26-21(31-28-20)17-9-5-11-29(13-17)23(30)27-22-25-19(14-32-22)15-6-2-1-3-7-15/h1-4,6-8,10,12,14,17H,5,9,11,13H2,(H,25,27,30). The Morgan fingerprint density at radius 1 is 1.12 bits per heavy atom. The molecule has 0 spiro atoms. The van der Waals surface area contributed by atoms with Crippen LogP contribution in [0, 0.1) is 5.82 Å². The number of piperidine rings is 1. The average molecular weight is 450 g/mol. The maximum Gasteiger partial charge on any atom is 0.323 e. The Kier molecular flexibility index (Phi) is 5.64. The first kappa shape index (κ1) is 20.3. The second-order valence-corrected chi connectivity index (χ2v) is 8.44. The summed E-state index contributed by atoms with van der Waals surface area (Å²) in [5, 5.41) is 9.37.